The quantitative estimate of drug-likeness (QED) is 0.796. The van der Waals surface area contributed by atoms with Gasteiger partial charge in [-0.1, -0.05) is 12.1 Å². The number of aryl methyl sites for hydroxylation is 1. The second kappa shape index (κ2) is 9.01. The molecule has 1 aromatic heterocycles. The predicted molar refractivity (Wildman–Crippen MR) is 104 cm³/mol. The number of hydrogen-bond acceptors (Lipinski definition) is 7. The van der Waals surface area contributed by atoms with Crippen LogP contribution in [0.2, 0.25) is 0 Å². The molecule has 1 aliphatic rings. The maximum atomic E-state index is 9.54. The molecule has 7 heteroatoms. The molecule has 0 amide bonds. The lowest BCUT2D eigenvalue weighted by molar-refractivity contribution is 0.134. The van der Waals surface area contributed by atoms with Crippen molar-refractivity contribution >= 4 is 5.95 Å². The number of ether oxygens (including phenoxy) is 2. The van der Waals surface area contributed by atoms with E-state index in [1.54, 1.807) is 26.5 Å². The van der Waals surface area contributed by atoms with E-state index < -0.39 is 0 Å². The molecule has 1 N–H and O–H groups in total. The summed E-state index contributed by atoms with van der Waals surface area (Å²) in [5, 5.41) is 9.54. The molecule has 27 heavy (non-hydrogen) atoms. The molecule has 0 saturated carbocycles. The van der Waals surface area contributed by atoms with Gasteiger partial charge in [0.1, 0.15) is 5.75 Å². The number of aromatic nitrogens is 2. The van der Waals surface area contributed by atoms with Crippen LogP contribution in [-0.2, 0) is 6.54 Å². The van der Waals surface area contributed by atoms with Gasteiger partial charge < -0.3 is 19.5 Å². The summed E-state index contributed by atoms with van der Waals surface area (Å²) in [6.45, 7) is 5.58. The van der Waals surface area contributed by atoms with Crippen molar-refractivity contribution in [2.75, 3.05) is 45.4 Å². The van der Waals surface area contributed by atoms with Crippen molar-refractivity contribution in [1.29, 1.82) is 0 Å². The van der Waals surface area contributed by atoms with Crippen molar-refractivity contribution in [3.05, 3.63) is 41.6 Å². The fraction of sp³-hybridized carbons (Fsp3) is 0.500. The highest BCUT2D eigenvalue weighted by molar-refractivity contribution is 5.37. The third kappa shape index (κ3) is 4.67. The van der Waals surface area contributed by atoms with Crippen LogP contribution in [0, 0.1) is 6.92 Å². The number of hydrogen-bond donors (Lipinski definition) is 1. The molecule has 1 unspecified atom stereocenters. The van der Waals surface area contributed by atoms with Crippen LogP contribution in [0.15, 0.2) is 30.5 Å². The fourth-order valence-electron chi connectivity index (χ4n) is 3.58. The molecule has 2 aromatic rings. The van der Waals surface area contributed by atoms with Crippen LogP contribution in [0.5, 0.6) is 11.6 Å². The second-order valence-corrected chi connectivity index (χ2v) is 6.79. The molecule has 7 nitrogen and oxygen atoms in total. The highest BCUT2D eigenvalue weighted by Gasteiger charge is 2.28. The minimum absolute atomic E-state index is 0.162. The number of nitrogens with zero attached hydrogens (tertiary/aromatic N) is 4. The van der Waals surface area contributed by atoms with Gasteiger partial charge in [0.05, 0.1) is 14.2 Å². The molecule has 0 aliphatic carbocycles. The number of anilines is 1. The molecule has 2 heterocycles. The number of methoxy groups -OCH3 is 2. The predicted octanol–water partition coefficient (Wildman–Crippen LogP) is 1.88. The van der Waals surface area contributed by atoms with Crippen LogP contribution in [-0.4, -0.2) is 66.5 Å². The van der Waals surface area contributed by atoms with Gasteiger partial charge in [-0.2, -0.15) is 4.98 Å². The minimum Gasteiger partial charge on any atom is -0.496 e. The highest BCUT2D eigenvalue weighted by Crippen LogP contribution is 2.23. The summed E-state index contributed by atoms with van der Waals surface area (Å²) >= 11 is 0. The third-order valence-electron chi connectivity index (χ3n) is 5.02. The monoisotopic (exact) mass is 372 g/mol. The first-order valence-corrected chi connectivity index (χ1v) is 9.25. The number of rotatable bonds is 7. The van der Waals surface area contributed by atoms with Gasteiger partial charge in [-0.3, -0.25) is 4.90 Å². The Kier molecular flexibility index (Phi) is 6.47. The zero-order valence-corrected chi connectivity index (χ0v) is 16.3. The molecule has 0 radical (unpaired) electrons. The number of piperazine rings is 1. The van der Waals surface area contributed by atoms with Gasteiger partial charge in [0.2, 0.25) is 11.8 Å². The molecule has 1 atom stereocenters. The molecular weight excluding hydrogens is 344 g/mol. The Morgan fingerprint density at radius 1 is 1.19 bits per heavy atom. The molecule has 146 valence electrons. The summed E-state index contributed by atoms with van der Waals surface area (Å²) < 4.78 is 10.6. The van der Waals surface area contributed by atoms with E-state index in [2.05, 4.69) is 38.8 Å². The van der Waals surface area contributed by atoms with Crippen LogP contribution >= 0.6 is 0 Å². The molecule has 0 bridgehead atoms. The van der Waals surface area contributed by atoms with E-state index in [0.29, 0.717) is 11.8 Å². The number of benzene rings is 1. The van der Waals surface area contributed by atoms with E-state index in [-0.39, 0.29) is 12.6 Å². The summed E-state index contributed by atoms with van der Waals surface area (Å²) in [6, 6.07) is 8.29. The number of aliphatic hydroxyl groups excluding tert-OH is 1. The topological polar surface area (TPSA) is 71.0 Å². The molecule has 1 saturated heterocycles. The summed E-state index contributed by atoms with van der Waals surface area (Å²) in [7, 11) is 3.30. The van der Waals surface area contributed by atoms with E-state index in [1.165, 1.54) is 5.56 Å². The fourth-order valence-corrected chi connectivity index (χ4v) is 3.58. The van der Waals surface area contributed by atoms with Crippen molar-refractivity contribution < 1.29 is 14.6 Å². The van der Waals surface area contributed by atoms with E-state index in [9.17, 15) is 5.11 Å². The highest BCUT2D eigenvalue weighted by atomic mass is 16.5. The van der Waals surface area contributed by atoms with Crippen LogP contribution in [0.3, 0.4) is 0 Å². The van der Waals surface area contributed by atoms with Gasteiger partial charge >= 0.3 is 0 Å². The standard InChI is InChI=1S/C20H28N4O3/c1-15-12-16(4-5-18(15)26-2)13-23-9-10-24(14-17(23)7-11-25)20-21-8-6-19(22-20)27-3/h4-6,8,12,17,25H,7,9-11,13-14H2,1-3H3. The van der Waals surface area contributed by atoms with E-state index in [0.717, 1.165) is 43.9 Å². The maximum absolute atomic E-state index is 9.54. The van der Waals surface area contributed by atoms with Gasteiger partial charge in [-0.25, -0.2) is 4.98 Å². The average molecular weight is 372 g/mol. The van der Waals surface area contributed by atoms with Crippen LogP contribution in [0.4, 0.5) is 5.95 Å². The molecule has 1 fully saturated rings. The molecule has 0 spiro atoms. The van der Waals surface area contributed by atoms with Gasteiger partial charge in [0.25, 0.3) is 0 Å². The van der Waals surface area contributed by atoms with Crippen molar-refractivity contribution in [3.8, 4) is 11.6 Å². The normalized spacial score (nSPS) is 17.8. The molecular formula is C20H28N4O3. The third-order valence-corrected chi connectivity index (χ3v) is 5.02. The smallest absolute Gasteiger partial charge is 0.228 e. The zero-order chi connectivity index (χ0) is 19.2. The van der Waals surface area contributed by atoms with Crippen molar-refractivity contribution in [2.24, 2.45) is 0 Å². The lowest BCUT2D eigenvalue weighted by Crippen LogP contribution is -2.53. The lowest BCUT2D eigenvalue weighted by Gasteiger charge is -2.41. The van der Waals surface area contributed by atoms with Crippen LogP contribution < -0.4 is 14.4 Å². The van der Waals surface area contributed by atoms with Crippen LogP contribution in [0.25, 0.3) is 0 Å². The van der Waals surface area contributed by atoms with Crippen molar-refractivity contribution in [1.82, 2.24) is 14.9 Å². The number of aliphatic hydroxyl groups is 1. The Balaban J connectivity index is 1.71. The summed E-state index contributed by atoms with van der Waals surface area (Å²) in [5.41, 5.74) is 2.39. The van der Waals surface area contributed by atoms with E-state index >= 15 is 0 Å². The Bertz CT molecular complexity index is 756. The molecule has 3 rings (SSSR count). The van der Waals surface area contributed by atoms with Gasteiger partial charge in [-0.15, -0.1) is 0 Å². The molecule has 1 aromatic carbocycles. The first-order chi connectivity index (χ1) is 13.1. The summed E-state index contributed by atoms with van der Waals surface area (Å²) in [4.78, 5) is 13.4. The van der Waals surface area contributed by atoms with E-state index in [4.69, 9.17) is 9.47 Å². The first-order valence-electron chi connectivity index (χ1n) is 9.25. The Morgan fingerprint density at radius 2 is 2.04 bits per heavy atom. The maximum Gasteiger partial charge on any atom is 0.228 e. The summed E-state index contributed by atoms with van der Waals surface area (Å²) in [6.07, 6.45) is 2.43. The summed E-state index contributed by atoms with van der Waals surface area (Å²) in [5.74, 6) is 2.15. The average Bonchev–Trinajstić information content (AvgIpc) is 2.69. The largest absolute Gasteiger partial charge is 0.496 e. The van der Waals surface area contributed by atoms with E-state index in [1.807, 2.05) is 6.07 Å². The second-order valence-electron chi connectivity index (χ2n) is 6.79. The molecule has 1 aliphatic heterocycles. The Morgan fingerprint density at radius 3 is 2.74 bits per heavy atom. The first kappa shape index (κ1) is 19.4. The van der Waals surface area contributed by atoms with Crippen LogP contribution in [0.1, 0.15) is 17.5 Å². The minimum atomic E-state index is 0.162. The van der Waals surface area contributed by atoms with Gasteiger partial charge in [0.15, 0.2) is 0 Å². The van der Waals surface area contributed by atoms with Gasteiger partial charge in [-0.05, 0) is 30.5 Å². The zero-order valence-electron chi connectivity index (χ0n) is 16.3. The Labute approximate surface area is 160 Å². The van der Waals surface area contributed by atoms with Gasteiger partial charge in [0, 0.05) is 51.1 Å². The Hall–Kier alpha value is -2.38. The SMILES string of the molecule is COc1ccnc(N2CCN(Cc3ccc(OC)c(C)c3)C(CCO)C2)n1. The van der Waals surface area contributed by atoms with Crippen molar-refractivity contribution in [3.63, 3.8) is 0 Å². The van der Waals surface area contributed by atoms with Crippen molar-refractivity contribution in [2.45, 2.75) is 25.9 Å². The lowest BCUT2D eigenvalue weighted by atomic mass is 10.1.